The normalized spacial score (nSPS) is 12.2. The van der Waals surface area contributed by atoms with Gasteiger partial charge in [0.05, 0.1) is 6.61 Å². The van der Waals surface area contributed by atoms with Gasteiger partial charge in [0.1, 0.15) is 5.75 Å². The highest BCUT2D eigenvalue weighted by molar-refractivity contribution is 5.94. The van der Waals surface area contributed by atoms with E-state index in [0.717, 1.165) is 36.7 Å². The van der Waals surface area contributed by atoms with Crippen molar-refractivity contribution < 1.29 is 9.53 Å². The summed E-state index contributed by atoms with van der Waals surface area (Å²) in [5.74, 6) is 1.56. The van der Waals surface area contributed by atoms with Crippen LogP contribution in [-0.2, 0) is 6.54 Å². The van der Waals surface area contributed by atoms with Crippen LogP contribution in [0.3, 0.4) is 0 Å². The quantitative estimate of drug-likeness (QED) is 0.327. The molecule has 0 bridgehead atoms. The molecular weight excluding hydrogens is 364 g/mol. The highest BCUT2D eigenvalue weighted by atomic mass is 16.5. The summed E-state index contributed by atoms with van der Waals surface area (Å²) < 4.78 is 5.68. The largest absolute Gasteiger partial charge is 0.494 e. The minimum atomic E-state index is -0.0397. The maximum Gasteiger partial charge on any atom is 0.251 e. The molecule has 0 radical (unpaired) electrons. The molecule has 0 saturated heterocycles. The van der Waals surface area contributed by atoms with Crippen LogP contribution in [0.2, 0.25) is 0 Å². The van der Waals surface area contributed by atoms with Gasteiger partial charge in [0.25, 0.3) is 5.91 Å². The Balaban J connectivity index is 1.73. The lowest BCUT2D eigenvalue weighted by atomic mass is 10.1. The highest BCUT2D eigenvalue weighted by Gasteiger charge is 2.09. The van der Waals surface area contributed by atoms with Gasteiger partial charge in [-0.05, 0) is 49.6 Å². The average Bonchev–Trinajstić information content (AvgIpc) is 2.76. The van der Waals surface area contributed by atoms with Crippen molar-refractivity contribution in [2.75, 3.05) is 20.2 Å². The summed E-state index contributed by atoms with van der Waals surface area (Å²) in [4.78, 5) is 16.5. The third-order valence-electron chi connectivity index (χ3n) is 4.49. The third kappa shape index (κ3) is 8.25. The van der Waals surface area contributed by atoms with Crippen LogP contribution in [0.15, 0.2) is 59.6 Å². The molecule has 0 fully saturated rings. The van der Waals surface area contributed by atoms with E-state index in [1.54, 1.807) is 7.05 Å². The summed E-state index contributed by atoms with van der Waals surface area (Å²) in [6.07, 6.45) is 1.77. The van der Waals surface area contributed by atoms with Crippen LogP contribution >= 0.6 is 0 Å². The highest BCUT2D eigenvalue weighted by Crippen LogP contribution is 2.08. The molecule has 1 unspecified atom stereocenters. The van der Waals surface area contributed by atoms with Crippen LogP contribution in [0.4, 0.5) is 0 Å². The maximum absolute atomic E-state index is 12.3. The third-order valence-corrected chi connectivity index (χ3v) is 4.49. The monoisotopic (exact) mass is 396 g/mol. The van der Waals surface area contributed by atoms with E-state index in [9.17, 15) is 4.79 Å². The second-order valence-electron chi connectivity index (χ2n) is 6.85. The van der Waals surface area contributed by atoms with Gasteiger partial charge in [-0.3, -0.25) is 9.79 Å². The molecular formula is C23H32N4O2. The first-order chi connectivity index (χ1) is 14.1. The molecule has 6 heteroatoms. The molecule has 0 aliphatic rings. The number of amides is 1. The molecule has 6 nitrogen and oxygen atoms in total. The minimum Gasteiger partial charge on any atom is -0.494 e. The number of carbonyl (C=O) groups excluding carboxylic acids is 1. The number of carbonyl (C=O) groups is 1. The SMILES string of the molecule is CCC(C)NC(=O)c1cccc(CNC(=NC)NCCCOc2ccccc2)c1. The summed E-state index contributed by atoms with van der Waals surface area (Å²) >= 11 is 0. The predicted octanol–water partition coefficient (Wildman–Crippen LogP) is 3.35. The molecule has 2 aromatic rings. The number of guanidine groups is 1. The molecule has 3 N–H and O–H groups in total. The zero-order valence-corrected chi connectivity index (χ0v) is 17.6. The Hall–Kier alpha value is -3.02. The lowest BCUT2D eigenvalue weighted by molar-refractivity contribution is 0.0939. The number of nitrogens with zero attached hydrogens (tertiary/aromatic N) is 1. The lowest BCUT2D eigenvalue weighted by Crippen LogP contribution is -2.37. The van der Waals surface area contributed by atoms with E-state index in [1.807, 2.05) is 61.5 Å². The van der Waals surface area contributed by atoms with Crippen molar-refractivity contribution >= 4 is 11.9 Å². The Morgan fingerprint density at radius 2 is 1.90 bits per heavy atom. The first-order valence-electron chi connectivity index (χ1n) is 10.1. The molecule has 29 heavy (non-hydrogen) atoms. The van der Waals surface area contributed by atoms with Gasteiger partial charge in [-0.15, -0.1) is 0 Å². The Kier molecular flexibility index (Phi) is 9.55. The van der Waals surface area contributed by atoms with E-state index < -0.39 is 0 Å². The number of hydrogen-bond acceptors (Lipinski definition) is 3. The molecule has 2 rings (SSSR count). The van der Waals surface area contributed by atoms with Crippen molar-refractivity contribution in [2.24, 2.45) is 4.99 Å². The zero-order valence-electron chi connectivity index (χ0n) is 17.6. The number of hydrogen-bond donors (Lipinski definition) is 3. The molecule has 0 aromatic heterocycles. The summed E-state index contributed by atoms with van der Waals surface area (Å²) in [5.41, 5.74) is 1.70. The van der Waals surface area contributed by atoms with E-state index in [4.69, 9.17) is 4.74 Å². The predicted molar refractivity (Wildman–Crippen MR) is 118 cm³/mol. The standard InChI is InChI=1S/C23H32N4O2/c1-4-18(2)27-22(28)20-11-8-10-19(16-20)17-26-23(24-3)25-14-9-15-29-21-12-6-5-7-13-21/h5-8,10-13,16,18H,4,9,14-15,17H2,1-3H3,(H,27,28)(H2,24,25,26). The zero-order chi connectivity index (χ0) is 20.9. The number of benzene rings is 2. The minimum absolute atomic E-state index is 0.0397. The Bertz CT molecular complexity index is 777. The lowest BCUT2D eigenvalue weighted by Gasteiger charge is -2.14. The molecule has 156 valence electrons. The number of aliphatic imine (C=N–C) groups is 1. The number of ether oxygens (including phenoxy) is 1. The number of rotatable bonds is 10. The van der Waals surface area contributed by atoms with E-state index in [2.05, 4.69) is 27.9 Å². The molecule has 2 aromatic carbocycles. The van der Waals surface area contributed by atoms with Gasteiger partial charge in [0, 0.05) is 31.7 Å². The summed E-state index contributed by atoms with van der Waals surface area (Å²) in [6.45, 7) is 6.04. The first kappa shape index (κ1) is 22.3. The van der Waals surface area contributed by atoms with Crippen LogP contribution in [0, 0.1) is 0 Å². The van der Waals surface area contributed by atoms with Crippen molar-refractivity contribution in [1.82, 2.24) is 16.0 Å². The molecule has 0 heterocycles. The van der Waals surface area contributed by atoms with Gasteiger partial charge in [-0.25, -0.2) is 0 Å². The van der Waals surface area contributed by atoms with E-state index in [1.165, 1.54) is 0 Å². The Labute approximate surface area is 173 Å². The van der Waals surface area contributed by atoms with Crippen LogP contribution in [0.1, 0.15) is 42.6 Å². The van der Waals surface area contributed by atoms with E-state index in [0.29, 0.717) is 18.7 Å². The van der Waals surface area contributed by atoms with Crippen LogP contribution < -0.4 is 20.7 Å². The van der Waals surface area contributed by atoms with E-state index in [-0.39, 0.29) is 11.9 Å². The van der Waals surface area contributed by atoms with Gasteiger partial charge in [0.2, 0.25) is 0 Å². The summed E-state index contributed by atoms with van der Waals surface area (Å²) in [5, 5.41) is 9.55. The van der Waals surface area contributed by atoms with Crippen molar-refractivity contribution in [2.45, 2.75) is 39.3 Å². The Morgan fingerprint density at radius 3 is 2.62 bits per heavy atom. The fourth-order valence-electron chi connectivity index (χ4n) is 2.62. The Morgan fingerprint density at radius 1 is 1.10 bits per heavy atom. The number of nitrogens with one attached hydrogen (secondary N) is 3. The van der Waals surface area contributed by atoms with Gasteiger partial charge < -0.3 is 20.7 Å². The first-order valence-corrected chi connectivity index (χ1v) is 10.1. The topological polar surface area (TPSA) is 74.8 Å². The average molecular weight is 397 g/mol. The summed E-state index contributed by atoms with van der Waals surface area (Å²) in [6, 6.07) is 17.6. The van der Waals surface area contributed by atoms with Gasteiger partial charge in [-0.1, -0.05) is 37.3 Å². The molecule has 0 spiro atoms. The van der Waals surface area contributed by atoms with Crippen molar-refractivity contribution in [3.63, 3.8) is 0 Å². The number of para-hydroxylation sites is 1. The van der Waals surface area contributed by atoms with Gasteiger partial charge >= 0.3 is 0 Å². The van der Waals surface area contributed by atoms with Crippen molar-refractivity contribution in [3.8, 4) is 5.75 Å². The van der Waals surface area contributed by atoms with Crippen LogP contribution in [-0.4, -0.2) is 38.1 Å². The molecule has 1 atom stereocenters. The van der Waals surface area contributed by atoms with Gasteiger partial charge in [0.15, 0.2) is 5.96 Å². The second-order valence-corrected chi connectivity index (χ2v) is 6.85. The maximum atomic E-state index is 12.3. The van der Waals surface area contributed by atoms with Crippen molar-refractivity contribution in [3.05, 3.63) is 65.7 Å². The van der Waals surface area contributed by atoms with Crippen molar-refractivity contribution in [1.29, 1.82) is 0 Å². The molecule has 0 aliphatic heterocycles. The fourth-order valence-corrected chi connectivity index (χ4v) is 2.62. The van der Waals surface area contributed by atoms with E-state index >= 15 is 0 Å². The molecule has 0 saturated carbocycles. The molecule has 1 amide bonds. The molecule has 0 aliphatic carbocycles. The van der Waals surface area contributed by atoms with Crippen LogP contribution in [0.25, 0.3) is 0 Å². The fraction of sp³-hybridized carbons (Fsp3) is 0.391. The van der Waals surface area contributed by atoms with Gasteiger partial charge in [-0.2, -0.15) is 0 Å². The second kappa shape index (κ2) is 12.4. The summed E-state index contributed by atoms with van der Waals surface area (Å²) in [7, 11) is 1.74. The van der Waals surface area contributed by atoms with Crippen LogP contribution in [0.5, 0.6) is 5.75 Å². The smallest absolute Gasteiger partial charge is 0.251 e.